The molecule has 1 aliphatic carbocycles. The first-order valence-electron chi connectivity index (χ1n) is 5.28. The molecule has 0 N–H and O–H groups in total. The summed E-state index contributed by atoms with van der Waals surface area (Å²) in [5, 5.41) is 0. The highest BCUT2D eigenvalue weighted by Gasteiger charge is 2.15. The van der Waals surface area contributed by atoms with Gasteiger partial charge in [0.1, 0.15) is 5.82 Å². The number of carbonyl (C=O) groups excluding carboxylic acids is 1. The molecule has 0 saturated heterocycles. The minimum Gasteiger partial charge on any atom is -0.288 e. The summed E-state index contributed by atoms with van der Waals surface area (Å²) >= 11 is 2.04. The van der Waals surface area contributed by atoms with Gasteiger partial charge in [-0.2, -0.15) is 0 Å². The summed E-state index contributed by atoms with van der Waals surface area (Å²) in [4.78, 5) is 11.7. The molecule has 0 aromatic heterocycles. The second-order valence-electron chi connectivity index (χ2n) is 3.74. The molecule has 86 valence electrons. The van der Waals surface area contributed by atoms with Gasteiger partial charge in [-0.1, -0.05) is 18.2 Å². The Kier molecular flexibility index (Phi) is 3.92. The van der Waals surface area contributed by atoms with Crippen molar-refractivity contribution in [3.05, 3.63) is 56.6 Å². The van der Waals surface area contributed by atoms with Crippen molar-refractivity contribution >= 4 is 34.5 Å². The summed E-state index contributed by atoms with van der Waals surface area (Å²) < 4.78 is 13.4. The number of carbonyl (C=O) groups is 1. The van der Waals surface area contributed by atoms with Crippen molar-refractivity contribution in [2.75, 3.05) is 0 Å². The number of ketones is 1. The molecule has 1 aliphatic rings. The second-order valence-corrected chi connectivity index (χ2v) is 4.90. The lowest BCUT2D eigenvalue weighted by molar-refractivity contribution is -0.111. The molecule has 0 fully saturated rings. The van der Waals surface area contributed by atoms with Gasteiger partial charge in [-0.3, -0.25) is 4.79 Å². The SMILES string of the molecule is O=C1C(=C=Cc2ccc(F)cc2)CCC=C1I. The Hall–Kier alpha value is -1.19. The van der Waals surface area contributed by atoms with Crippen molar-refractivity contribution < 1.29 is 9.18 Å². The van der Waals surface area contributed by atoms with Crippen molar-refractivity contribution in [2.24, 2.45) is 0 Å². The zero-order valence-corrected chi connectivity index (χ0v) is 11.2. The van der Waals surface area contributed by atoms with E-state index < -0.39 is 0 Å². The van der Waals surface area contributed by atoms with E-state index in [2.05, 4.69) is 5.73 Å². The Morgan fingerprint density at radius 3 is 2.71 bits per heavy atom. The van der Waals surface area contributed by atoms with E-state index in [1.54, 1.807) is 18.2 Å². The zero-order chi connectivity index (χ0) is 12.3. The highest BCUT2D eigenvalue weighted by Crippen LogP contribution is 2.23. The van der Waals surface area contributed by atoms with Gasteiger partial charge in [-0.15, -0.1) is 5.73 Å². The minimum atomic E-state index is -0.263. The summed E-state index contributed by atoms with van der Waals surface area (Å²) in [7, 11) is 0. The average molecular weight is 340 g/mol. The molecule has 0 saturated carbocycles. The first-order valence-corrected chi connectivity index (χ1v) is 6.36. The van der Waals surface area contributed by atoms with Crippen LogP contribution in [-0.2, 0) is 4.79 Å². The molecule has 0 amide bonds. The molecule has 0 heterocycles. The van der Waals surface area contributed by atoms with Crippen LogP contribution in [0.2, 0.25) is 0 Å². The van der Waals surface area contributed by atoms with Gasteiger partial charge in [0.15, 0.2) is 0 Å². The first-order chi connectivity index (χ1) is 8.16. The predicted octanol–water partition coefficient (Wildman–Crippen LogP) is 4.05. The molecule has 0 bridgehead atoms. The second kappa shape index (κ2) is 5.43. The maximum Gasteiger partial charge on any atom is 0.202 e. The molecular weight excluding hydrogens is 330 g/mol. The van der Waals surface area contributed by atoms with Crippen LogP contribution in [0.25, 0.3) is 6.08 Å². The van der Waals surface area contributed by atoms with Gasteiger partial charge in [0.2, 0.25) is 5.78 Å². The van der Waals surface area contributed by atoms with Gasteiger partial charge >= 0.3 is 0 Å². The molecule has 0 atom stereocenters. The summed E-state index contributed by atoms with van der Waals surface area (Å²) in [5.74, 6) is -0.212. The fourth-order valence-corrected chi connectivity index (χ4v) is 2.20. The van der Waals surface area contributed by atoms with Crippen LogP contribution in [0.1, 0.15) is 18.4 Å². The molecule has 2 rings (SSSR count). The highest BCUT2D eigenvalue weighted by atomic mass is 127. The number of Topliss-reactive ketones (excluding diaryl/α,β-unsaturated/α-hetero) is 1. The lowest BCUT2D eigenvalue weighted by atomic mass is 10.0. The normalized spacial score (nSPS) is 15.3. The molecular formula is C14H10FIO. The number of benzene rings is 1. The smallest absolute Gasteiger partial charge is 0.202 e. The van der Waals surface area contributed by atoms with Crippen LogP contribution in [0.3, 0.4) is 0 Å². The molecule has 0 radical (unpaired) electrons. The van der Waals surface area contributed by atoms with Crippen molar-refractivity contribution in [3.63, 3.8) is 0 Å². The molecule has 0 aliphatic heterocycles. The van der Waals surface area contributed by atoms with Crippen molar-refractivity contribution in [3.8, 4) is 0 Å². The highest BCUT2D eigenvalue weighted by molar-refractivity contribution is 14.1. The summed E-state index contributed by atoms with van der Waals surface area (Å²) in [6.45, 7) is 0. The largest absolute Gasteiger partial charge is 0.288 e. The van der Waals surface area contributed by atoms with Gasteiger partial charge < -0.3 is 0 Å². The van der Waals surface area contributed by atoms with Crippen LogP contribution >= 0.6 is 22.6 Å². The minimum absolute atomic E-state index is 0.0511. The maximum atomic E-state index is 12.7. The Balaban J connectivity index is 2.27. The summed E-state index contributed by atoms with van der Waals surface area (Å²) in [6, 6.07) is 6.11. The van der Waals surface area contributed by atoms with E-state index in [0.717, 1.165) is 22.0 Å². The fourth-order valence-electron chi connectivity index (χ4n) is 1.56. The van der Waals surface area contributed by atoms with Gasteiger partial charge in [-0.05, 0) is 59.2 Å². The maximum absolute atomic E-state index is 12.7. The quantitative estimate of drug-likeness (QED) is 0.428. The molecule has 1 aromatic carbocycles. The lowest BCUT2D eigenvalue weighted by Gasteiger charge is -2.07. The van der Waals surface area contributed by atoms with Gasteiger partial charge in [0, 0.05) is 5.57 Å². The van der Waals surface area contributed by atoms with Gasteiger partial charge in [0.05, 0.1) is 3.58 Å². The lowest BCUT2D eigenvalue weighted by Crippen LogP contribution is -2.05. The molecule has 1 aromatic rings. The molecule has 0 unspecified atom stereocenters. The third-order valence-corrected chi connectivity index (χ3v) is 3.42. The summed E-state index contributed by atoms with van der Waals surface area (Å²) in [6.07, 6.45) is 5.26. The molecule has 17 heavy (non-hydrogen) atoms. The van der Waals surface area contributed by atoms with E-state index in [0.29, 0.717) is 5.57 Å². The molecule has 3 heteroatoms. The molecule has 1 nitrogen and oxygen atoms in total. The van der Waals surface area contributed by atoms with E-state index in [-0.39, 0.29) is 11.6 Å². The van der Waals surface area contributed by atoms with E-state index in [4.69, 9.17) is 0 Å². The first kappa shape index (κ1) is 12.3. The van der Waals surface area contributed by atoms with Crippen molar-refractivity contribution in [1.29, 1.82) is 0 Å². The zero-order valence-electron chi connectivity index (χ0n) is 9.04. The van der Waals surface area contributed by atoms with Crippen LogP contribution in [-0.4, -0.2) is 5.78 Å². The Labute approximate surface area is 113 Å². The van der Waals surface area contributed by atoms with Crippen LogP contribution < -0.4 is 0 Å². The Morgan fingerprint density at radius 1 is 1.29 bits per heavy atom. The van der Waals surface area contributed by atoms with Crippen LogP contribution in [0.4, 0.5) is 4.39 Å². The van der Waals surface area contributed by atoms with E-state index in [1.165, 1.54) is 12.1 Å². The van der Waals surface area contributed by atoms with E-state index in [1.807, 2.05) is 28.7 Å². The van der Waals surface area contributed by atoms with Crippen molar-refractivity contribution in [1.82, 2.24) is 0 Å². The number of halogens is 2. The number of hydrogen-bond donors (Lipinski definition) is 0. The van der Waals surface area contributed by atoms with Crippen LogP contribution in [0.5, 0.6) is 0 Å². The third-order valence-electron chi connectivity index (χ3n) is 2.49. The van der Waals surface area contributed by atoms with E-state index >= 15 is 0 Å². The van der Waals surface area contributed by atoms with E-state index in [9.17, 15) is 9.18 Å². The number of hydrogen-bond acceptors (Lipinski definition) is 1. The fraction of sp³-hybridized carbons (Fsp3) is 0.143. The number of allylic oxidation sites excluding steroid dienone is 3. The van der Waals surface area contributed by atoms with Gasteiger partial charge in [0.25, 0.3) is 0 Å². The summed E-state index contributed by atoms with van der Waals surface area (Å²) in [5.41, 5.74) is 4.55. The van der Waals surface area contributed by atoms with Crippen LogP contribution in [0, 0.1) is 5.82 Å². The third kappa shape index (κ3) is 3.14. The topological polar surface area (TPSA) is 17.1 Å². The molecule has 0 spiro atoms. The van der Waals surface area contributed by atoms with Gasteiger partial charge in [-0.25, -0.2) is 4.39 Å². The Morgan fingerprint density at radius 2 is 2.00 bits per heavy atom. The predicted molar refractivity (Wildman–Crippen MR) is 74.2 cm³/mol. The Bertz CT molecular complexity index is 534. The van der Waals surface area contributed by atoms with Crippen LogP contribution in [0.15, 0.2) is 45.2 Å². The number of rotatable bonds is 1. The standard InChI is InChI=1S/C14H10FIO/c15-12-8-5-10(6-9-12)4-7-11-2-1-3-13(16)14(11)17/h3-6,8-9H,1-2H2. The monoisotopic (exact) mass is 340 g/mol. The van der Waals surface area contributed by atoms with Crippen molar-refractivity contribution in [2.45, 2.75) is 12.8 Å². The average Bonchev–Trinajstić information content (AvgIpc) is 2.33.